The summed E-state index contributed by atoms with van der Waals surface area (Å²) in [7, 11) is 0. The van der Waals surface area contributed by atoms with Gasteiger partial charge in [0.25, 0.3) is 5.56 Å². The molecule has 0 atom stereocenters. The number of aromatic nitrogens is 2. The van der Waals surface area contributed by atoms with E-state index in [2.05, 4.69) is 9.97 Å². The Kier molecular flexibility index (Phi) is 2.33. The van der Waals surface area contributed by atoms with Gasteiger partial charge in [0, 0.05) is 11.8 Å². The van der Waals surface area contributed by atoms with E-state index in [1.807, 2.05) is 30.3 Å². The van der Waals surface area contributed by atoms with Crippen molar-refractivity contribution in [2.24, 2.45) is 0 Å². The van der Waals surface area contributed by atoms with Gasteiger partial charge < -0.3 is 4.98 Å². The summed E-state index contributed by atoms with van der Waals surface area (Å²) >= 11 is 5.69. The van der Waals surface area contributed by atoms with Crippen LogP contribution in [-0.4, -0.2) is 9.97 Å². The summed E-state index contributed by atoms with van der Waals surface area (Å²) in [6.45, 7) is 0. The topological polar surface area (TPSA) is 45.8 Å². The zero-order valence-electron chi connectivity index (χ0n) is 7.20. The molecule has 70 valence electrons. The quantitative estimate of drug-likeness (QED) is 0.777. The summed E-state index contributed by atoms with van der Waals surface area (Å²) < 4.78 is 0. The maximum Gasteiger partial charge on any atom is 0.274 e. The van der Waals surface area contributed by atoms with E-state index in [0.717, 1.165) is 5.56 Å². The molecule has 0 saturated heterocycles. The lowest BCUT2D eigenvalue weighted by atomic mass is 10.2. The van der Waals surface area contributed by atoms with Crippen LogP contribution in [0.4, 0.5) is 0 Å². The molecule has 1 aromatic carbocycles. The van der Waals surface area contributed by atoms with Crippen molar-refractivity contribution < 1.29 is 0 Å². The van der Waals surface area contributed by atoms with E-state index >= 15 is 0 Å². The van der Waals surface area contributed by atoms with Crippen LogP contribution in [0.1, 0.15) is 0 Å². The van der Waals surface area contributed by atoms with Gasteiger partial charge in [0.1, 0.15) is 10.8 Å². The van der Waals surface area contributed by atoms with E-state index in [1.54, 1.807) is 0 Å². The van der Waals surface area contributed by atoms with Crippen LogP contribution in [0.2, 0.25) is 5.15 Å². The maximum atomic E-state index is 11.4. The average molecular weight is 207 g/mol. The van der Waals surface area contributed by atoms with Gasteiger partial charge in [-0.05, 0) is 0 Å². The summed E-state index contributed by atoms with van der Waals surface area (Å²) in [6.07, 6.45) is 1.37. The molecule has 1 aromatic heterocycles. The molecule has 0 aliphatic heterocycles. The minimum atomic E-state index is -0.236. The average Bonchev–Trinajstić information content (AvgIpc) is 2.23. The Morgan fingerprint density at radius 1 is 1.21 bits per heavy atom. The third-order valence-electron chi connectivity index (χ3n) is 1.80. The summed E-state index contributed by atoms with van der Waals surface area (Å²) in [5.41, 5.74) is 0.870. The number of benzene rings is 1. The van der Waals surface area contributed by atoms with E-state index < -0.39 is 0 Å². The minimum Gasteiger partial charge on any atom is -0.324 e. The number of H-pyrrole nitrogens is 1. The van der Waals surface area contributed by atoms with Crippen LogP contribution in [0.15, 0.2) is 41.3 Å². The van der Waals surface area contributed by atoms with Crippen molar-refractivity contribution >= 4 is 11.6 Å². The lowest BCUT2D eigenvalue weighted by molar-refractivity contribution is 1.14. The van der Waals surface area contributed by atoms with E-state index in [4.69, 9.17) is 11.6 Å². The van der Waals surface area contributed by atoms with Crippen LogP contribution >= 0.6 is 11.6 Å². The van der Waals surface area contributed by atoms with Crippen LogP contribution in [0.5, 0.6) is 0 Å². The minimum absolute atomic E-state index is 0.236. The summed E-state index contributed by atoms with van der Waals surface area (Å²) in [4.78, 5) is 17.9. The molecular weight excluding hydrogens is 200 g/mol. The highest BCUT2D eigenvalue weighted by molar-refractivity contribution is 6.29. The molecule has 0 spiro atoms. The molecule has 1 heterocycles. The first-order valence-electron chi connectivity index (χ1n) is 4.08. The Morgan fingerprint density at radius 3 is 2.64 bits per heavy atom. The van der Waals surface area contributed by atoms with Crippen molar-refractivity contribution in [1.82, 2.24) is 9.97 Å². The largest absolute Gasteiger partial charge is 0.324 e. The summed E-state index contributed by atoms with van der Waals surface area (Å²) in [6, 6.07) is 9.19. The van der Waals surface area contributed by atoms with Gasteiger partial charge in [-0.15, -0.1) is 0 Å². The molecule has 0 unspecified atom stereocenters. The standard InChI is InChI=1S/C10H7ClN2O/c11-8-6-12-10(14)9(13-8)7-4-2-1-3-5-7/h1-6H,(H,12,14). The number of halogens is 1. The first-order valence-corrected chi connectivity index (χ1v) is 4.46. The lowest BCUT2D eigenvalue weighted by Crippen LogP contribution is -2.10. The Balaban J connectivity index is 2.63. The molecular formula is C10H7ClN2O. The maximum absolute atomic E-state index is 11.4. The van der Waals surface area contributed by atoms with Gasteiger partial charge in [-0.2, -0.15) is 0 Å². The number of hydrogen-bond donors (Lipinski definition) is 1. The molecule has 2 rings (SSSR count). The van der Waals surface area contributed by atoms with E-state index in [1.165, 1.54) is 6.20 Å². The van der Waals surface area contributed by atoms with Crippen molar-refractivity contribution in [1.29, 1.82) is 0 Å². The number of aromatic amines is 1. The van der Waals surface area contributed by atoms with E-state index in [9.17, 15) is 4.79 Å². The smallest absolute Gasteiger partial charge is 0.274 e. The highest BCUT2D eigenvalue weighted by Crippen LogP contribution is 2.13. The Bertz CT molecular complexity index is 493. The van der Waals surface area contributed by atoms with Crippen molar-refractivity contribution in [2.45, 2.75) is 0 Å². The molecule has 0 radical (unpaired) electrons. The summed E-state index contributed by atoms with van der Waals surface area (Å²) in [5.74, 6) is 0. The van der Waals surface area contributed by atoms with Crippen molar-refractivity contribution in [3.05, 3.63) is 52.0 Å². The first-order chi connectivity index (χ1) is 6.77. The number of hydrogen-bond acceptors (Lipinski definition) is 2. The molecule has 0 aliphatic rings. The van der Waals surface area contributed by atoms with E-state index in [-0.39, 0.29) is 10.7 Å². The van der Waals surface area contributed by atoms with Gasteiger partial charge in [0.05, 0.1) is 0 Å². The second-order valence-electron chi connectivity index (χ2n) is 2.77. The van der Waals surface area contributed by atoms with Crippen LogP contribution in [0, 0.1) is 0 Å². The van der Waals surface area contributed by atoms with Crippen LogP contribution in [0.25, 0.3) is 11.3 Å². The molecule has 4 heteroatoms. The molecule has 1 N–H and O–H groups in total. The van der Waals surface area contributed by atoms with Gasteiger partial charge in [-0.3, -0.25) is 4.79 Å². The van der Waals surface area contributed by atoms with Gasteiger partial charge >= 0.3 is 0 Å². The molecule has 0 saturated carbocycles. The number of rotatable bonds is 1. The Morgan fingerprint density at radius 2 is 1.93 bits per heavy atom. The highest BCUT2D eigenvalue weighted by atomic mass is 35.5. The van der Waals surface area contributed by atoms with Gasteiger partial charge in [0.15, 0.2) is 0 Å². The number of nitrogens with zero attached hydrogens (tertiary/aromatic N) is 1. The monoisotopic (exact) mass is 206 g/mol. The molecule has 2 aromatic rings. The molecule has 0 fully saturated rings. The SMILES string of the molecule is O=c1[nH]cc(Cl)nc1-c1ccccc1. The van der Waals surface area contributed by atoms with Crippen molar-refractivity contribution in [2.75, 3.05) is 0 Å². The molecule has 14 heavy (non-hydrogen) atoms. The van der Waals surface area contributed by atoms with Crippen molar-refractivity contribution in [3.8, 4) is 11.3 Å². The van der Waals surface area contributed by atoms with Crippen LogP contribution < -0.4 is 5.56 Å². The van der Waals surface area contributed by atoms with E-state index in [0.29, 0.717) is 5.69 Å². The van der Waals surface area contributed by atoms with Gasteiger partial charge in [0.2, 0.25) is 0 Å². The van der Waals surface area contributed by atoms with Gasteiger partial charge in [-0.1, -0.05) is 41.9 Å². The fraction of sp³-hybridized carbons (Fsp3) is 0. The lowest BCUT2D eigenvalue weighted by Gasteiger charge is -1.98. The fourth-order valence-electron chi connectivity index (χ4n) is 1.17. The van der Waals surface area contributed by atoms with Gasteiger partial charge in [-0.25, -0.2) is 4.98 Å². The third kappa shape index (κ3) is 1.67. The second kappa shape index (κ2) is 3.64. The first kappa shape index (κ1) is 8.97. The predicted octanol–water partition coefficient (Wildman–Crippen LogP) is 2.09. The normalized spacial score (nSPS) is 10.1. The molecule has 0 aliphatic carbocycles. The molecule has 0 bridgehead atoms. The zero-order chi connectivity index (χ0) is 9.97. The fourth-order valence-corrected chi connectivity index (χ4v) is 1.31. The van der Waals surface area contributed by atoms with Crippen LogP contribution in [0.3, 0.4) is 0 Å². The second-order valence-corrected chi connectivity index (χ2v) is 3.15. The predicted molar refractivity (Wildman–Crippen MR) is 55.3 cm³/mol. The van der Waals surface area contributed by atoms with Crippen molar-refractivity contribution in [3.63, 3.8) is 0 Å². The summed E-state index contributed by atoms with van der Waals surface area (Å²) in [5, 5.41) is 0.281. The molecule has 3 nitrogen and oxygen atoms in total. The zero-order valence-corrected chi connectivity index (χ0v) is 7.95. The number of nitrogens with one attached hydrogen (secondary N) is 1. The Labute approximate surface area is 85.4 Å². The third-order valence-corrected chi connectivity index (χ3v) is 2.00. The van der Waals surface area contributed by atoms with Crippen LogP contribution in [-0.2, 0) is 0 Å². The highest BCUT2D eigenvalue weighted by Gasteiger charge is 2.04. The molecule has 0 amide bonds. The Hall–Kier alpha value is -1.61.